The fraction of sp³-hybridized carbons (Fsp3) is 0.308. The summed E-state index contributed by atoms with van der Waals surface area (Å²) in [6, 6.07) is 3.13. The number of ether oxygens (including phenoxy) is 1. The van der Waals surface area contributed by atoms with Gasteiger partial charge in [-0.05, 0) is 12.1 Å². The van der Waals surface area contributed by atoms with Gasteiger partial charge in [0.2, 0.25) is 11.8 Å². The first-order valence-electron chi connectivity index (χ1n) is 6.12. The number of rotatable bonds is 3. The minimum atomic E-state index is -0.429. The number of amides is 2. The summed E-state index contributed by atoms with van der Waals surface area (Å²) in [7, 11) is 0. The molecule has 0 bridgehead atoms. The van der Waals surface area contributed by atoms with E-state index >= 15 is 0 Å². The molecule has 0 spiro atoms. The van der Waals surface area contributed by atoms with Crippen molar-refractivity contribution in [2.75, 3.05) is 31.6 Å². The number of aromatic nitrogens is 1. The molecule has 1 aromatic heterocycles. The first-order chi connectivity index (χ1) is 9.65. The molecule has 7 heteroatoms. The van der Waals surface area contributed by atoms with Crippen LogP contribution in [0.15, 0.2) is 30.5 Å². The molecule has 0 atom stereocenters. The second-order valence-corrected chi connectivity index (χ2v) is 4.56. The van der Waals surface area contributed by atoms with E-state index in [9.17, 15) is 9.59 Å². The van der Waals surface area contributed by atoms with Crippen LogP contribution < -0.4 is 5.32 Å². The third-order valence-electron chi connectivity index (χ3n) is 2.67. The third kappa shape index (κ3) is 4.32. The molecule has 0 aliphatic carbocycles. The Kier molecular flexibility index (Phi) is 5.09. The fourth-order valence-corrected chi connectivity index (χ4v) is 1.84. The molecule has 0 aromatic carbocycles. The molecule has 1 N–H and O–H groups in total. The first kappa shape index (κ1) is 14.5. The van der Waals surface area contributed by atoms with Crippen molar-refractivity contribution in [3.8, 4) is 0 Å². The Morgan fingerprint density at radius 2 is 2.10 bits per heavy atom. The van der Waals surface area contributed by atoms with Crippen LogP contribution in [0.3, 0.4) is 0 Å². The molecule has 2 rings (SSSR count). The van der Waals surface area contributed by atoms with Gasteiger partial charge in [-0.3, -0.25) is 9.59 Å². The molecule has 106 valence electrons. The van der Waals surface area contributed by atoms with E-state index in [0.717, 1.165) is 0 Å². The number of pyridine rings is 1. The highest BCUT2D eigenvalue weighted by Gasteiger charge is 2.14. The van der Waals surface area contributed by atoms with Crippen LogP contribution in [0.4, 0.5) is 5.82 Å². The Bertz CT molecular complexity index is 527. The monoisotopic (exact) mass is 295 g/mol. The number of halogens is 1. The van der Waals surface area contributed by atoms with Crippen LogP contribution >= 0.6 is 11.6 Å². The van der Waals surface area contributed by atoms with E-state index in [1.54, 1.807) is 11.0 Å². The molecule has 1 fully saturated rings. The lowest BCUT2D eigenvalue weighted by atomic mass is 10.3. The van der Waals surface area contributed by atoms with Gasteiger partial charge in [-0.2, -0.15) is 0 Å². The predicted octanol–water partition coefficient (Wildman–Crippen LogP) is 1.09. The number of hydrogen-bond acceptors (Lipinski definition) is 4. The number of nitrogens with zero attached hydrogens (tertiary/aromatic N) is 2. The molecule has 6 nitrogen and oxygen atoms in total. The van der Waals surface area contributed by atoms with E-state index in [4.69, 9.17) is 16.3 Å². The maximum Gasteiger partial charge on any atom is 0.249 e. The lowest BCUT2D eigenvalue weighted by Gasteiger charge is -2.25. The van der Waals surface area contributed by atoms with Gasteiger partial charge < -0.3 is 15.0 Å². The normalized spacial score (nSPS) is 15.3. The Morgan fingerprint density at radius 1 is 1.35 bits per heavy atom. The molecular formula is C13H14ClN3O3. The number of carbonyl (C=O) groups excluding carboxylic acids is 2. The molecule has 1 saturated heterocycles. The van der Waals surface area contributed by atoms with Crippen molar-refractivity contribution in [2.24, 2.45) is 0 Å². The second kappa shape index (κ2) is 7.02. The van der Waals surface area contributed by atoms with Gasteiger partial charge >= 0.3 is 0 Å². The summed E-state index contributed by atoms with van der Waals surface area (Å²) in [6.45, 7) is 2.14. The molecule has 0 radical (unpaired) electrons. The van der Waals surface area contributed by atoms with Gasteiger partial charge in [-0.15, -0.1) is 0 Å². The van der Waals surface area contributed by atoms with Gasteiger partial charge in [0, 0.05) is 36.5 Å². The van der Waals surface area contributed by atoms with E-state index in [2.05, 4.69) is 10.3 Å². The van der Waals surface area contributed by atoms with Crippen molar-refractivity contribution < 1.29 is 14.3 Å². The Morgan fingerprint density at radius 3 is 2.80 bits per heavy atom. The molecule has 1 aliphatic heterocycles. The number of carbonyl (C=O) groups is 2. The Hall–Kier alpha value is -1.92. The Labute approximate surface area is 121 Å². The fourth-order valence-electron chi connectivity index (χ4n) is 1.68. The van der Waals surface area contributed by atoms with Crippen molar-refractivity contribution in [1.82, 2.24) is 9.88 Å². The van der Waals surface area contributed by atoms with E-state index in [1.165, 1.54) is 24.4 Å². The lowest BCUT2D eigenvalue weighted by Crippen LogP contribution is -2.39. The maximum atomic E-state index is 11.8. The predicted molar refractivity (Wildman–Crippen MR) is 74.4 cm³/mol. The maximum absolute atomic E-state index is 11.8. The van der Waals surface area contributed by atoms with Crippen LogP contribution in [0, 0.1) is 0 Å². The average Bonchev–Trinajstić information content (AvgIpc) is 2.46. The van der Waals surface area contributed by atoms with Crippen LogP contribution in [0.25, 0.3) is 0 Å². The van der Waals surface area contributed by atoms with Gasteiger partial charge in [0.1, 0.15) is 5.82 Å². The quantitative estimate of drug-likeness (QED) is 0.847. The van der Waals surface area contributed by atoms with E-state index in [-0.39, 0.29) is 5.91 Å². The number of anilines is 1. The van der Waals surface area contributed by atoms with Gasteiger partial charge in [0.15, 0.2) is 0 Å². The summed E-state index contributed by atoms with van der Waals surface area (Å²) in [4.78, 5) is 29.0. The number of hydrogen-bond donors (Lipinski definition) is 1. The molecular weight excluding hydrogens is 282 g/mol. The summed E-state index contributed by atoms with van der Waals surface area (Å²) in [5.74, 6) is -0.296. The van der Waals surface area contributed by atoms with Gasteiger partial charge in [0.25, 0.3) is 0 Å². The molecule has 0 unspecified atom stereocenters. The smallest absolute Gasteiger partial charge is 0.249 e. The van der Waals surface area contributed by atoms with Crippen LogP contribution in [0.5, 0.6) is 0 Å². The molecule has 1 aromatic rings. The highest BCUT2D eigenvalue weighted by molar-refractivity contribution is 6.30. The average molecular weight is 296 g/mol. The number of nitrogens with one attached hydrogen (secondary N) is 1. The van der Waals surface area contributed by atoms with Crippen molar-refractivity contribution in [3.63, 3.8) is 0 Å². The van der Waals surface area contributed by atoms with Gasteiger partial charge in [0.05, 0.1) is 13.2 Å². The summed E-state index contributed by atoms with van der Waals surface area (Å²) in [6.07, 6.45) is 3.91. The van der Waals surface area contributed by atoms with E-state index in [0.29, 0.717) is 37.1 Å². The molecule has 2 heterocycles. The highest BCUT2D eigenvalue weighted by atomic mass is 35.5. The largest absolute Gasteiger partial charge is 0.378 e. The SMILES string of the molecule is O=C(/C=C\C(=O)N1CCOCC1)Nc1cc(Cl)ccn1. The lowest BCUT2D eigenvalue weighted by molar-refractivity contribution is -0.130. The summed E-state index contributed by atoms with van der Waals surface area (Å²) >= 11 is 5.78. The minimum absolute atomic E-state index is 0.206. The summed E-state index contributed by atoms with van der Waals surface area (Å²) < 4.78 is 5.15. The molecule has 0 saturated carbocycles. The van der Waals surface area contributed by atoms with Gasteiger partial charge in [-0.1, -0.05) is 11.6 Å². The van der Waals surface area contributed by atoms with Crippen LogP contribution in [0.1, 0.15) is 0 Å². The van der Waals surface area contributed by atoms with Crippen molar-refractivity contribution in [1.29, 1.82) is 0 Å². The van der Waals surface area contributed by atoms with Gasteiger partial charge in [-0.25, -0.2) is 4.98 Å². The first-order valence-corrected chi connectivity index (χ1v) is 6.50. The number of morpholine rings is 1. The summed E-state index contributed by atoms with van der Waals surface area (Å²) in [5.41, 5.74) is 0. The molecule has 1 aliphatic rings. The van der Waals surface area contributed by atoms with Crippen LogP contribution in [0.2, 0.25) is 5.02 Å². The topological polar surface area (TPSA) is 71.5 Å². The van der Waals surface area contributed by atoms with Crippen molar-refractivity contribution in [2.45, 2.75) is 0 Å². The standard InChI is InChI=1S/C13H14ClN3O3/c14-10-3-4-15-11(9-10)16-12(18)1-2-13(19)17-5-7-20-8-6-17/h1-4,9H,5-8H2,(H,15,16,18)/b2-1-. The van der Waals surface area contributed by atoms with E-state index < -0.39 is 5.91 Å². The summed E-state index contributed by atoms with van der Waals surface area (Å²) in [5, 5.41) is 3.00. The highest BCUT2D eigenvalue weighted by Crippen LogP contribution is 2.11. The van der Waals surface area contributed by atoms with E-state index in [1.807, 2.05) is 0 Å². The molecule has 2 amide bonds. The van der Waals surface area contributed by atoms with Crippen molar-refractivity contribution >= 4 is 29.2 Å². The van der Waals surface area contributed by atoms with Crippen LogP contribution in [-0.4, -0.2) is 48.0 Å². The third-order valence-corrected chi connectivity index (χ3v) is 2.91. The Balaban J connectivity index is 1.87. The second-order valence-electron chi connectivity index (χ2n) is 4.12. The van der Waals surface area contributed by atoms with Crippen molar-refractivity contribution in [3.05, 3.63) is 35.5 Å². The zero-order valence-corrected chi connectivity index (χ0v) is 11.5. The molecule has 20 heavy (non-hydrogen) atoms. The van der Waals surface area contributed by atoms with Crippen LogP contribution in [-0.2, 0) is 14.3 Å². The zero-order valence-electron chi connectivity index (χ0n) is 10.7. The minimum Gasteiger partial charge on any atom is -0.378 e. The zero-order chi connectivity index (χ0) is 14.4.